The summed E-state index contributed by atoms with van der Waals surface area (Å²) >= 11 is 5.76. The smallest absolute Gasteiger partial charge is 0.251 e. The molecule has 0 aliphatic rings. The Morgan fingerprint density at radius 1 is 1.12 bits per heavy atom. The average Bonchev–Trinajstić information content (AvgIpc) is 2.56. The third-order valence-corrected chi connectivity index (χ3v) is 4.90. The molecule has 2 rings (SSSR count). The van der Waals surface area contributed by atoms with E-state index in [-0.39, 0.29) is 11.4 Å². The van der Waals surface area contributed by atoms with Crippen LogP contribution in [0.15, 0.2) is 41.3 Å². The van der Waals surface area contributed by atoms with Gasteiger partial charge in [0.15, 0.2) is 0 Å². The van der Waals surface area contributed by atoms with Crippen LogP contribution in [-0.4, -0.2) is 26.8 Å². The van der Waals surface area contributed by atoms with Crippen LogP contribution in [0.2, 0.25) is 5.02 Å². The van der Waals surface area contributed by atoms with Crippen LogP contribution in [0.25, 0.3) is 0 Å². The largest absolute Gasteiger partial charge is 0.343 e. The van der Waals surface area contributed by atoms with Crippen molar-refractivity contribution in [2.45, 2.75) is 18.7 Å². The van der Waals surface area contributed by atoms with Crippen molar-refractivity contribution in [1.82, 2.24) is 5.32 Å². The van der Waals surface area contributed by atoms with Crippen molar-refractivity contribution in [2.75, 3.05) is 11.9 Å². The van der Waals surface area contributed by atoms with Crippen LogP contribution in [0.3, 0.4) is 0 Å². The fourth-order valence-corrected chi connectivity index (χ4v) is 2.93. The van der Waals surface area contributed by atoms with Crippen LogP contribution in [-0.2, 0) is 14.8 Å². The van der Waals surface area contributed by atoms with E-state index in [2.05, 4.69) is 10.6 Å². The molecule has 7 nitrogen and oxygen atoms in total. The first-order valence-electron chi connectivity index (χ1n) is 7.55. The Hall–Kier alpha value is -2.42. The van der Waals surface area contributed by atoms with Crippen LogP contribution in [0.5, 0.6) is 0 Å². The first-order chi connectivity index (χ1) is 12.1. The maximum Gasteiger partial charge on any atom is 0.251 e. The number of halogens is 1. The van der Waals surface area contributed by atoms with Crippen molar-refractivity contribution < 1.29 is 18.0 Å². The lowest BCUT2D eigenvalue weighted by Crippen LogP contribution is -2.33. The summed E-state index contributed by atoms with van der Waals surface area (Å²) in [5.41, 5.74) is 2.05. The number of nitrogens with one attached hydrogen (secondary N) is 2. The van der Waals surface area contributed by atoms with Crippen LogP contribution >= 0.6 is 11.6 Å². The van der Waals surface area contributed by atoms with E-state index in [4.69, 9.17) is 16.7 Å². The highest BCUT2D eigenvalue weighted by Crippen LogP contribution is 2.23. The average molecular weight is 396 g/mol. The number of aryl methyl sites for hydroxylation is 1. The summed E-state index contributed by atoms with van der Waals surface area (Å²) in [4.78, 5) is 24.0. The third kappa shape index (κ3) is 5.04. The second-order valence-electron chi connectivity index (χ2n) is 5.70. The van der Waals surface area contributed by atoms with Crippen molar-refractivity contribution >= 4 is 39.1 Å². The SMILES string of the molecule is Cc1cc(S(N)(=O)=O)cc(NC(=O)CNC(=O)c2ccc(Cl)cc2)c1C. The Morgan fingerprint density at radius 3 is 2.31 bits per heavy atom. The summed E-state index contributed by atoms with van der Waals surface area (Å²) in [6.45, 7) is 3.17. The van der Waals surface area contributed by atoms with Gasteiger partial charge in [0.25, 0.3) is 5.91 Å². The van der Waals surface area contributed by atoms with Crippen molar-refractivity contribution in [3.05, 3.63) is 58.1 Å². The molecule has 0 aliphatic carbocycles. The standard InChI is InChI=1S/C17H18ClN3O4S/c1-10-7-14(26(19,24)25)8-15(11(10)2)21-16(22)9-20-17(23)12-3-5-13(18)6-4-12/h3-8H,9H2,1-2H3,(H,20,23)(H,21,22)(H2,19,24,25). The number of primary sulfonamides is 1. The molecule has 2 aromatic rings. The number of carbonyl (C=O) groups excluding carboxylic acids is 2. The molecule has 0 spiro atoms. The van der Waals surface area contributed by atoms with Crippen molar-refractivity contribution in [2.24, 2.45) is 5.14 Å². The van der Waals surface area contributed by atoms with Gasteiger partial charge in [0.1, 0.15) is 0 Å². The zero-order valence-electron chi connectivity index (χ0n) is 14.2. The molecule has 0 fully saturated rings. The molecule has 138 valence electrons. The molecule has 0 radical (unpaired) electrons. The Balaban J connectivity index is 2.07. The van der Waals surface area contributed by atoms with Gasteiger partial charge in [-0.25, -0.2) is 13.6 Å². The Morgan fingerprint density at radius 2 is 1.73 bits per heavy atom. The fraction of sp³-hybridized carbons (Fsp3) is 0.176. The summed E-state index contributed by atoms with van der Waals surface area (Å²) in [6, 6.07) is 8.94. The van der Waals surface area contributed by atoms with Gasteiger partial charge in [-0.2, -0.15) is 0 Å². The lowest BCUT2D eigenvalue weighted by Gasteiger charge is -2.13. The molecule has 0 saturated carbocycles. The number of hydrogen-bond donors (Lipinski definition) is 3. The van der Waals surface area contributed by atoms with Gasteiger partial charge in [-0.3, -0.25) is 9.59 Å². The highest BCUT2D eigenvalue weighted by Gasteiger charge is 2.15. The number of nitrogens with two attached hydrogens (primary N) is 1. The van der Waals surface area contributed by atoms with Crippen LogP contribution in [0.1, 0.15) is 21.5 Å². The molecule has 0 aliphatic heterocycles. The van der Waals surface area contributed by atoms with E-state index < -0.39 is 21.8 Å². The predicted molar refractivity (Wildman–Crippen MR) is 99.7 cm³/mol. The monoisotopic (exact) mass is 395 g/mol. The number of sulfonamides is 1. The summed E-state index contributed by atoms with van der Waals surface area (Å²) in [7, 11) is -3.90. The Bertz CT molecular complexity index is 957. The highest BCUT2D eigenvalue weighted by atomic mass is 35.5. The van der Waals surface area contributed by atoms with E-state index in [9.17, 15) is 18.0 Å². The van der Waals surface area contributed by atoms with E-state index in [0.29, 0.717) is 27.4 Å². The lowest BCUT2D eigenvalue weighted by atomic mass is 10.1. The van der Waals surface area contributed by atoms with Crippen LogP contribution < -0.4 is 15.8 Å². The second kappa shape index (κ2) is 7.86. The molecule has 4 N–H and O–H groups in total. The number of anilines is 1. The summed E-state index contributed by atoms with van der Waals surface area (Å²) < 4.78 is 23.1. The van der Waals surface area contributed by atoms with Gasteiger partial charge in [0.2, 0.25) is 15.9 Å². The maximum atomic E-state index is 12.1. The first-order valence-corrected chi connectivity index (χ1v) is 9.48. The molecule has 2 aromatic carbocycles. The first kappa shape index (κ1) is 19.9. The molecule has 0 saturated heterocycles. The second-order valence-corrected chi connectivity index (χ2v) is 7.69. The minimum atomic E-state index is -3.90. The number of hydrogen-bond acceptors (Lipinski definition) is 4. The van der Waals surface area contributed by atoms with Crippen molar-refractivity contribution in [3.8, 4) is 0 Å². The van der Waals surface area contributed by atoms with Gasteiger partial charge in [0.05, 0.1) is 11.4 Å². The number of carbonyl (C=O) groups is 2. The van der Waals surface area contributed by atoms with E-state index in [1.165, 1.54) is 12.1 Å². The highest BCUT2D eigenvalue weighted by molar-refractivity contribution is 7.89. The summed E-state index contributed by atoms with van der Waals surface area (Å²) in [5.74, 6) is -0.926. The van der Waals surface area contributed by atoms with Gasteiger partial charge in [0, 0.05) is 16.3 Å². The number of amides is 2. The zero-order chi connectivity index (χ0) is 19.5. The summed E-state index contributed by atoms with van der Waals surface area (Å²) in [5, 5.41) is 10.7. The minimum Gasteiger partial charge on any atom is -0.343 e. The van der Waals surface area contributed by atoms with Gasteiger partial charge in [-0.05, 0) is 61.4 Å². The molecule has 26 heavy (non-hydrogen) atoms. The van der Waals surface area contributed by atoms with Gasteiger partial charge >= 0.3 is 0 Å². The van der Waals surface area contributed by atoms with E-state index >= 15 is 0 Å². The van der Waals surface area contributed by atoms with Gasteiger partial charge in [-0.1, -0.05) is 11.6 Å². The molecule has 0 unspecified atom stereocenters. The molecule has 0 bridgehead atoms. The summed E-state index contributed by atoms with van der Waals surface area (Å²) in [6.07, 6.45) is 0. The molecule has 0 heterocycles. The minimum absolute atomic E-state index is 0.0962. The molecular formula is C17H18ClN3O4S. The van der Waals surface area contributed by atoms with E-state index in [1.54, 1.807) is 38.1 Å². The Labute approximate surface area is 156 Å². The van der Waals surface area contributed by atoms with Crippen LogP contribution in [0, 0.1) is 13.8 Å². The van der Waals surface area contributed by atoms with E-state index in [0.717, 1.165) is 0 Å². The molecule has 9 heteroatoms. The topological polar surface area (TPSA) is 118 Å². The van der Waals surface area contributed by atoms with Gasteiger partial charge in [-0.15, -0.1) is 0 Å². The third-order valence-electron chi connectivity index (χ3n) is 3.76. The maximum absolute atomic E-state index is 12.1. The number of rotatable bonds is 5. The van der Waals surface area contributed by atoms with E-state index in [1.807, 2.05) is 0 Å². The lowest BCUT2D eigenvalue weighted by molar-refractivity contribution is -0.115. The normalized spacial score (nSPS) is 11.1. The molecule has 0 aromatic heterocycles. The van der Waals surface area contributed by atoms with Crippen LogP contribution in [0.4, 0.5) is 5.69 Å². The van der Waals surface area contributed by atoms with Gasteiger partial charge < -0.3 is 10.6 Å². The molecular weight excluding hydrogens is 378 g/mol. The predicted octanol–water partition coefficient (Wildman–Crippen LogP) is 1.97. The van der Waals surface area contributed by atoms with Crippen molar-refractivity contribution in [3.63, 3.8) is 0 Å². The molecule has 2 amide bonds. The zero-order valence-corrected chi connectivity index (χ0v) is 15.7. The molecule has 0 atom stereocenters. The quantitative estimate of drug-likeness (QED) is 0.717. The Kier molecular flexibility index (Phi) is 6.01. The van der Waals surface area contributed by atoms with Crippen molar-refractivity contribution in [1.29, 1.82) is 0 Å². The fourth-order valence-electron chi connectivity index (χ4n) is 2.18. The number of benzene rings is 2.